The minimum Gasteiger partial charge on any atom is -0.508 e. The summed E-state index contributed by atoms with van der Waals surface area (Å²) in [4.78, 5) is 10.9. The van der Waals surface area contributed by atoms with E-state index in [0.717, 1.165) is 0 Å². The third-order valence-electron chi connectivity index (χ3n) is 1.50. The fraction of sp³-hybridized carbons (Fsp3) is 0.111. The lowest BCUT2D eigenvalue weighted by Gasteiger charge is -1.98. The second kappa shape index (κ2) is 3.05. The van der Waals surface area contributed by atoms with E-state index >= 15 is 0 Å². The molecule has 3 nitrogen and oxygen atoms in total. The number of rotatable bonds is 1. The van der Waals surface area contributed by atoms with Crippen molar-refractivity contribution in [1.82, 2.24) is 0 Å². The molecule has 0 amide bonds. The van der Waals surface area contributed by atoms with Crippen molar-refractivity contribution in [3.63, 3.8) is 0 Å². The Kier molecular flexibility index (Phi) is 2.11. The molecule has 0 saturated carbocycles. The fourth-order valence-corrected chi connectivity index (χ4v) is 0.932. The highest BCUT2D eigenvalue weighted by molar-refractivity contribution is 5.96. The van der Waals surface area contributed by atoms with Crippen molar-refractivity contribution in [3.8, 4) is 11.8 Å². The number of Topliss-reactive ketones (excluding diaryl/α,β-unsaturated/α-hetero) is 1. The van der Waals surface area contributed by atoms with Crippen molar-refractivity contribution in [1.29, 1.82) is 5.26 Å². The molecular weight excluding hydrogens is 154 g/mol. The van der Waals surface area contributed by atoms with Crippen LogP contribution in [-0.2, 0) is 0 Å². The van der Waals surface area contributed by atoms with Crippen molar-refractivity contribution in [3.05, 3.63) is 29.3 Å². The molecule has 0 aliphatic heterocycles. The average Bonchev–Trinajstić information content (AvgIpc) is 2.03. The molecule has 0 spiro atoms. The van der Waals surface area contributed by atoms with Crippen LogP contribution in [0.4, 0.5) is 0 Å². The van der Waals surface area contributed by atoms with E-state index in [0.29, 0.717) is 5.56 Å². The van der Waals surface area contributed by atoms with Gasteiger partial charge < -0.3 is 5.11 Å². The van der Waals surface area contributed by atoms with E-state index in [9.17, 15) is 4.79 Å². The summed E-state index contributed by atoms with van der Waals surface area (Å²) in [5.41, 5.74) is 0.554. The zero-order valence-electron chi connectivity index (χ0n) is 6.53. The molecule has 0 aliphatic rings. The Balaban J connectivity index is 3.32. The van der Waals surface area contributed by atoms with Crippen molar-refractivity contribution < 1.29 is 9.90 Å². The van der Waals surface area contributed by atoms with Crippen LogP contribution in [0, 0.1) is 11.3 Å². The number of hydrogen-bond acceptors (Lipinski definition) is 3. The fourth-order valence-electron chi connectivity index (χ4n) is 0.932. The van der Waals surface area contributed by atoms with Gasteiger partial charge in [-0.05, 0) is 25.1 Å². The van der Waals surface area contributed by atoms with Gasteiger partial charge in [0.05, 0.1) is 5.56 Å². The molecule has 0 bridgehead atoms. The molecule has 3 heteroatoms. The molecule has 0 saturated heterocycles. The first-order valence-electron chi connectivity index (χ1n) is 3.39. The number of carbonyl (C=O) groups excluding carboxylic acids is 1. The summed E-state index contributed by atoms with van der Waals surface area (Å²) in [5.74, 6) is -0.178. The molecule has 0 radical (unpaired) electrons. The number of carbonyl (C=O) groups is 1. The van der Waals surface area contributed by atoms with E-state index in [1.54, 1.807) is 0 Å². The molecule has 0 aliphatic carbocycles. The largest absolute Gasteiger partial charge is 0.508 e. The molecule has 60 valence electrons. The summed E-state index contributed by atoms with van der Waals surface area (Å²) in [6.45, 7) is 1.38. The first-order chi connectivity index (χ1) is 5.65. The molecule has 0 aromatic heterocycles. The van der Waals surface area contributed by atoms with Crippen LogP contribution in [-0.4, -0.2) is 10.9 Å². The van der Waals surface area contributed by atoms with E-state index in [4.69, 9.17) is 10.4 Å². The first-order valence-corrected chi connectivity index (χ1v) is 3.39. The van der Waals surface area contributed by atoms with Gasteiger partial charge in [-0.1, -0.05) is 0 Å². The maximum absolute atomic E-state index is 10.9. The standard InChI is InChI=1S/C9H7NO2/c1-6(11)9-3-2-8(12)4-7(9)5-10/h2-4,12H,1H3. The summed E-state index contributed by atoms with van der Waals surface area (Å²) in [6.07, 6.45) is 0. The Morgan fingerprint density at radius 3 is 2.75 bits per heavy atom. The summed E-state index contributed by atoms with van der Waals surface area (Å²) in [7, 11) is 0. The van der Waals surface area contributed by atoms with Gasteiger partial charge in [-0.15, -0.1) is 0 Å². The Morgan fingerprint density at radius 2 is 2.25 bits per heavy atom. The van der Waals surface area contributed by atoms with E-state index in [1.165, 1.54) is 25.1 Å². The maximum atomic E-state index is 10.9. The smallest absolute Gasteiger partial charge is 0.161 e. The maximum Gasteiger partial charge on any atom is 0.161 e. The third kappa shape index (κ3) is 1.43. The van der Waals surface area contributed by atoms with Crippen LogP contribution in [0.1, 0.15) is 22.8 Å². The highest BCUT2D eigenvalue weighted by atomic mass is 16.3. The minimum absolute atomic E-state index is 0.00319. The molecule has 1 N–H and O–H groups in total. The molecule has 0 unspecified atom stereocenters. The SMILES string of the molecule is CC(=O)c1ccc(O)cc1C#N. The van der Waals surface area contributed by atoms with Crippen LogP contribution in [0.2, 0.25) is 0 Å². The average molecular weight is 161 g/mol. The summed E-state index contributed by atoms with van der Waals surface area (Å²) in [5, 5.41) is 17.6. The number of phenols is 1. The molecule has 1 aromatic carbocycles. The number of nitrogens with zero attached hydrogens (tertiary/aromatic N) is 1. The second-order valence-electron chi connectivity index (χ2n) is 2.40. The summed E-state index contributed by atoms with van der Waals surface area (Å²) < 4.78 is 0. The third-order valence-corrected chi connectivity index (χ3v) is 1.50. The second-order valence-corrected chi connectivity index (χ2v) is 2.40. The van der Waals surface area contributed by atoms with E-state index < -0.39 is 0 Å². The Bertz CT molecular complexity index is 363. The van der Waals surface area contributed by atoms with E-state index in [1.807, 2.05) is 6.07 Å². The number of aromatic hydroxyl groups is 1. The summed E-state index contributed by atoms with van der Waals surface area (Å²) >= 11 is 0. The predicted octanol–water partition coefficient (Wildman–Crippen LogP) is 1.47. The van der Waals surface area contributed by atoms with Gasteiger partial charge in [-0.2, -0.15) is 5.26 Å². The van der Waals surface area contributed by atoms with Gasteiger partial charge in [0.2, 0.25) is 0 Å². The number of phenolic OH excluding ortho intramolecular Hbond substituents is 1. The van der Waals surface area contributed by atoms with Gasteiger partial charge in [0.25, 0.3) is 0 Å². The molecule has 12 heavy (non-hydrogen) atoms. The van der Waals surface area contributed by atoms with Crippen molar-refractivity contribution in [2.75, 3.05) is 0 Å². The lowest BCUT2D eigenvalue weighted by atomic mass is 10.1. The van der Waals surface area contributed by atoms with Gasteiger partial charge in [0.15, 0.2) is 5.78 Å². The van der Waals surface area contributed by atoms with Gasteiger partial charge >= 0.3 is 0 Å². The molecule has 1 rings (SSSR count). The number of nitriles is 1. The first kappa shape index (κ1) is 8.28. The normalized spacial score (nSPS) is 9.00. The zero-order chi connectivity index (χ0) is 9.14. The van der Waals surface area contributed by atoms with Gasteiger partial charge in [0.1, 0.15) is 11.8 Å². The van der Waals surface area contributed by atoms with Gasteiger partial charge in [-0.3, -0.25) is 4.79 Å². The van der Waals surface area contributed by atoms with Crippen molar-refractivity contribution in [2.24, 2.45) is 0 Å². The molecule has 0 fully saturated rings. The highest BCUT2D eigenvalue weighted by Crippen LogP contribution is 2.15. The van der Waals surface area contributed by atoms with Crippen LogP contribution in [0.3, 0.4) is 0 Å². The van der Waals surface area contributed by atoms with Crippen LogP contribution in [0.5, 0.6) is 5.75 Å². The van der Waals surface area contributed by atoms with E-state index in [2.05, 4.69) is 0 Å². The lowest BCUT2D eigenvalue weighted by molar-refractivity contribution is 0.101. The molecule has 0 heterocycles. The number of benzene rings is 1. The number of ketones is 1. The van der Waals surface area contributed by atoms with Crippen molar-refractivity contribution >= 4 is 5.78 Å². The van der Waals surface area contributed by atoms with E-state index in [-0.39, 0.29) is 17.1 Å². The van der Waals surface area contributed by atoms with Crippen LogP contribution in [0.25, 0.3) is 0 Å². The van der Waals surface area contributed by atoms with Crippen LogP contribution in [0.15, 0.2) is 18.2 Å². The lowest BCUT2D eigenvalue weighted by Crippen LogP contribution is -1.95. The van der Waals surface area contributed by atoms with Gasteiger partial charge in [-0.25, -0.2) is 0 Å². The summed E-state index contributed by atoms with van der Waals surface area (Å²) in [6, 6.07) is 5.94. The topological polar surface area (TPSA) is 61.1 Å². The molecular formula is C9H7NO2. The van der Waals surface area contributed by atoms with Crippen LogP contribution < -0.4 is 0 Å². The quantitative estimate of drug-likeness (QED) is 0.634. The van der Waals surface area contributed by atoms with Gasteiger partial charge in [0, 0.05) is 5.56 Å². The Hall–Kier alpha value is -1.82. The zero-order valence-corrected chi connectivity index (χ0v) is 6.53. The minimum atomic E-state index is -0.174. The number of hydrogen-bond donors (Lipinski definition) is 1. The predicted molar refractivity (Wildman–Crippen MR) is 42.8 cm³/mol. The molecule has 0 atom stereocenters. The molecule has 1 aromatic rings. The Morgan fingerprint density at radius 1 is 1.58 bits per heavy atom. The Labute approximate surface area is 69.9 Å². The monoisotopic (exact) mass is 161 g/mol. The van der Waals surface area contributed by atoms with Crippen molar-refractivity contribution in [2.45, 2.75) is 6.92 Å². The highest BCUT2D eigenvalue weighted by Gasteiger charge is 2.06. The van der Waals surface area contributed by atoms with Crippen LogP contribution >= 0.6 is 0 Å².